The van der Waals surface area contributed by atoms with E-state index in [2.05, 4.69) is 31.0 Å². The van der Waals surface area contributed by atoms with Crippen molar-refractivity contribution in [1.29, 1.82) is 0 Å². The highest BCUT2D eigenvalue weighted by Crippen LogP contribution is 2.42. The van der Waals surface area contributed by atoms with Crippen molar-refractivity contribution in [3.63, 3.8) is 0 Å². The largest absolute Gasteiger partial charge is 0.448 e. The molecular formula is C12H15BrN4O2S. The second-order valence-electron chi connectivity index (χ2n) is 5.64. The van der Waals surface area contributed by atoms with Gasteiger partial charge in [-0.2, -0.15) is 0 Å². The molecule has 8 heteroatoms. The molecule has 1 saturated carbocycles. The lowest BCUT2D eigenvalue weighted by molar-refractivity contribution is 0.122. The van der Waals surface area contributed by atoms with Crippen LogP contribution in [0.5, 0.6) is 0 Å². The predicted octanol–water partition coefficient (Wildman–Crippen LogP) is 1.97. The number of ether oxygens (including phenoxy) is 1. The molecule has 3 fully saturated rings. The van der Waals surface area contributed by atoms with Crippen LogP contribution in [0.1, 0.15) is 12.8 Å². The summed E-state index contributed by atoms with van der Waals surface area (Å²) in [6, 6.07) is 0.359. The summed E-state index contributed by atoms with van der Waals surface area (Å²) < 4.78 is 5.93. The Bertz CT molecular complexity index is 525. The van der Waals surface area contributed by atoms with Crippen molar-refractivity contribution in [2.45, 2.75) is 18.9 Å². The summed E-state index contributed by atoms with van der Waals surface area (Å²) in [6.45, 7) is 3.22. The third kappa shape index (κ3) is 2.00. The SMILES string of the molecule is O=C1OCCN1C1C2CCC1CN(c1nnc(Br)s1)C2. The van der Waals surface area contributed by atoms with Gasteiger partial charge in [0.25, 0.3) is 0 Å². The van der Waals surface area contributed by atoms with Crippen LogP contribution in [-0.4, -0.2) is 53.5 Å². The van der Waals surface area contributed by atoms with Crippen molar-refractivity contribution >= 4 is 38.5 Å². The van der Waals surface area contributed by atoms with Crippen molar-refractivity contribution in [2.24, 2.45) is 11.8 Å². The van der Waals surface area contributed by atoms with Crippen LogP contribution in [0.3, 0.4) is 0 Å². The van der Waals surface area contributed by atoms with Gasteiger partial charge in [-0.05, 0) is 40.6 Å². The van der Waals surface area contributed by atoms with E-state index in [9.17, 15) is 4.79 Å². The van der Waals surface area contributed by atoms with E-state index >= 15 is 0 Å². The number of carbonyl (C=O) groups is 1. The van der Waals surface area contributed by atoms with E-state index in [0.717, 1.165) is 28.7 Å². The van der Waals surface area contributed by atoms with E-state index in [1.54, 1.807) is 11.3 Å². The molecule has 2 unspecified atom stereocenters. The summed E-state index contributed by atoms with van der Waals surface area (Å²) in [5.74, 6) is 1.06. The molecule has 108 valence electrons. The first-order chi connectivity index (χ1) is 9.72. The number of aromatic nitrogens is 2. The third-order valence-corrected chi connectivity index (χ3v) is 6.01. The standard InChI is InChI=1S/C12H15BrN4O2S/c13-10-14-15-11(20-10)16-5-7-1-2-8(6-16)9(7)17-3-4-19-12(17)18/h7-9H,1-6H2. The number of piperidine rings is 1. The molecule has 1 aromatic heterocycles. The zero-order chi connectivity index (χ0) is 13.7. The molecule has 0 aromatic carbocycles. The van der Waals surface area contributed by atoms with Crippen LogP contribution in [-0.2, 0) is 4.74 Å². The van der Waals surface area contributed by atoms with Gasteiger partial charge in [-0.25, -0.2) is 4.79 Å². The number of rotatable bonds is 2. The molecule has 0 spiro atoms. The van der Waals surface area contributed by atoms with Crippen LogP contribution >= 0.6 is 27.3 Å². The molecule has 0 radical (unpaired) electrons. The summed E-state index contributed by atoms with van der Waals surface area (Å²) in [5, 5.41) is 9.23. The van der Waals surface area contributed by atoms with Crippen LogP contribution in [0.2, 0.25) is 0 Å². The topological polar surface area (TPSA) is 58.6 Å². The average molecular weight is 359 g/mol. The second kappa shape index (κ2) is 4.84. The molecule has 1 amide bonds. The fourth-order valence-corrected chi connectivity index (χ4v) is 4.97. The highest BCUT2D eigenvalue weighted by Gasteiger charge is 2.48. The zero-order valence-electron chi connectivity index (χ0n) is 10.9. The molecular weight excluding hydrogens is 344 g/mol. The Hall–Kier alpha value is -0.890. The van der Waals surface area contributed by atoms with Crippen LogP contribution in [0, 0.1) is 11.8 Å². The number of amides is 1. The molecule has 1 aromatic rings. The third-order valence-electron chi connectivity index (χ3n) is 4.60. The average Bonchev–Trinajstić information content (AvgIpc) is 3.09. The lowest BCUT2D eigenvalue weighted by atomic mass is 9.91. The lowest BCUT2D eigenvalue weighted by Gasteiger charge is -2.41. The first-order valence-corrected chi connectivity index (χ1v) is 8.50. The molecule has 3 aliphatic rings. The van der Waals surface area contributed by atoms with Crippen molar-refractivity contribution in [2.75, 3.05) is 31.1 Å². The van der Waals surface area contributed by atoms with Gasteiger partial charge in [0.1, 0.15) is 6.61 Å². The van der Waals surface area contributed by atoms with E-state index < -0.39 is 0 Å². The summed E-state index contributed by atoms with van der Waals surface area (Å²) in [4.78, 5) is 16.1. The molecule has 0 N–H and O–H groups in total. The van der Waals surface area contributed by atoms with E-state index in [1.807, 2.05) is 4.90 Å². The van der Waals surface area contributed by atoms with Gasteiger partial charge in [0.05, 0.1) is 6.54 Å². The minimum atomic E-state index is -0.126. The first kappa shape index (κ1) is 12.8. The van der Waals surface area contributed by atoms with E-state index in [1.165, 1.54) is 12.8 Å². The Balaban J connectivity index is 1.53. The van der Waals surface area contributed by atoms with Gasteiger partial charge in [0.2, 0.25) is 5.13 Å². The summed E-state index contributed by atoms with van der Waals surface area (Å²) in [5.41, 5.74) is 0. The van der Waals surface area contributed by atoms with Crippen LogP contribution in [0.25, 0.3) is 0 Å². The van der Waals surface area contributed by atoms with Gasteiger partial charge in [-0.15, -0.1) is 10.2 Å². The summed E-state index contributed by atoms with van der Waals surface area (Å²) >= 11 is 4.94. The van der Waals surface area contributed by atoms with E-state index in [-0.39, 0.29) is 6.09 Å². The Morgan fingerprint density at radius 1 is 1.25 bits per heavy atom. The number of fused-ring (bicyclic) bond motifs is 2. The van der Waals surface area contributed by atoms with Crippen molar-refractivity contribution in [1.82, 2.24) is 15.1 Å². The van der Waals surface area contributed by atoms with Crippen molar-refractivity contribution in [3.05, 3.63) is 3.92 Å². The van der Waals surface area contributed by atoms with E-state index in [4.69, 9.17) is 4.74 Å². The highest BCUT2D eigenvalue weighted by molar-refractivity contribution is 9.11. The molecule has 4 rings (SSSR count). The molecule has 20 heavy (non-hydrogen) atoms. The van der Waals surface area contributed by atoms with Gasteiger partial charge >= 0.3 is 6.09 Å². The van der Waals surface area contributed by atoms with Gasteiger partial charge in [-0.3, -0.25) is 0 Å². The number of halogens is 1. The molecule has 2 aliphatic heterocycles. The second-order valence-corrected chi connectivity index (χ2v) is 7.87. The lowest BCUT2D eigenvalue weighted by Crippen LogP contribution is -2.53. The number of anilines is 1. The monoisotopic (exact) mass is 358 g/mol. The Kier molecular flexibility index (Phi) is 3.10. The van der Waals surface area contributed by atoms with Gasteiger partial charge in [-0.1, -0.05) is 11.3 Å². The maximum absolute atomic E-state index is 11.8. The Labute approximate surface area is 129 Å². The molecule has 2 bridgehead atoms. The molecule has 2 saturated heterocycles. The fourth-order valence-electron chi connectivity index (χ4n) is 3.86. The number of nitrogens with zero attached hydrogens (tertiary/aromatic N) is 4. The smallest absolute Gasteiger partial charge is 0.410 e. The molecule has 2 atom stereocenters. The minimum Gasteiger partial charge on any atom is -0.448 e. The summed E-state index contributed by atoms with van der Waals surface area (Å²) in [6.07, 6.45) is 2.25. The molecule has 1 aliphatic carbocycles. The quantitative estimate of drug-likeness (QED) is 0.808. The maximum Gasteiger partial charge on any atom is 0.410 e. The molecule has 3 heterocycles. The number of hydrogen-bond acceptors (Lipinski definition) is 6. The number of carbonyl (C=O) groups excluding carboxylic acids is 1. The molecule has 6 nitrogen and oxygen atoms in total. The normalized spacial score (nSPS) is 32.9. The van der Waals surface area contributed by atoms with Gasteiger partial charge in [0.15, 0.2) is 3.92 Å². The van der Waals surface area contributed by atoms with Crippen LogP contribution in [0.15, 0.2) is 3.92 Å². The van der Waals surface area contributed by atoms with Crippen molar-refractivity contribution < 1.29 is 9.53 Å². The van der Waals surface area contributed by atoms with Crippen molar-refractivity contribution in [3.8, 4) is 0 Å². The first-order valence-electron chi connectivity index (χ1n) is 6.90. The number of cyclic esters (lactones) is 1. The van der Waals surface area contributed by atoms with Crippen LogP contribution < -0.4 is 4.90 Å². The Morgan fingerprint density at radius 2 is 2.00 bits per heavy atom. The summed E-state index contributed by atoms with van der Waals surface area (Å²) in [7, 11) is 0. The number of hydrogen-bond donors (Lipinski definition) is 0. The minimum absolute atomic E-state index is 0.126. The van der Waals surface area contributed by atoms with Gasteiger partial charge in [0, 0.05) is 19.1 Å². The highest BCUT2D eigenvalue weighted by atomic mass is 79.9. The Morgan fingerprint density at radius 3 is 2.55 bits per heavy atom. The van der Waals surface area contributed by atoms with E-state index in [0.29, 0.717) is 24.5 Å². The fraction of sp³-hybridized carbons (Fsp3) is 0.750. The van der Waals surface area contributed by atoms with Crippen LogP contribution in [0.4, 0.5) is 9.93 Å². The predicted molar refractivity (Wildman–Crippen MR) is 77.9 cm³/mol. The maximum atomic E-state index is 11.8. The van der Waals surface area contributed by atoms with Gasteiger partial charge < -0.3 is 14.5 Å². The zero-order valence-corrected chi connectivity index (χ0v) is 13.3.